The Morgan fingerprint density at radius 1 is 0.906 bits per heavy atom. The van der Waals surface area contributed by atoms with Crippen LogP contribution in [0.25, 0.3) is 22.8 Å². The minimum atomic E-state index is -1.03. The van der Waals surface area contributed by atoms with E-state index in [4.69, 9.17) is 9.84 Å². The molecule has 0 saturated carbocycles. The zero-order chi connectivity index (χ0) is 23.1. The van der Waals surface area contributed by atoms with E-state index in [1.54, 1.807) is 62.6 Å². The summed E-state index contributed by atoms with van der Waals surface area (Å²) in [5.74, 6) is 0.0289. The van der Waals surface area contributed by atoms with Crippen LogP contribution in [0.3, 0.4) is 0 Å². The molecule has 0 bridgehead atoms. The Hall–Kier alpha value is -4.32. The van der Waals surface area contributed by atoms with Crippen LogP contribution in [0, 0.1) is 0 Å². The average molecular weight is 436 g/mol. The van der Waals surface area contributed by atoms with Crippen LogP contribution in [-0.2, 0) is 23.6 Å². The highest BCUT2D eigenvalue weighted by Gasteiger charge is 2.18. The summed E-state index contributed by atoms with van der Waals surface area (Å²) >= 11 is 0. The lowest BCUT2D eigenvalue weighted by molar-refractivity contribution is -0.148. The maximum atomic E-state index is 10.9. The van der Waals surface area contributed by atoms with Gasteiger partial charge in [-0.15, -0.1) is 20.4 Å². The summed E-state index contributed by atoms with van der Waals surface area (Å²) in [6.07, 6.45) is -0.165. The largest absolute Gasteiger partial charge is 0.479 e. The molecule has 164 valence electrons. The third-order valence-corrected chi connectivity index (χ3v) is 4.25. The van der Waals surface area contributed by atoms with Crippen LogP contribution in [0.4, 0.5) is 0 Å². The van der Waals surface area contributed by atoms with Crippen LogP contribution in [0.1, 0.15) is 22.0 Å². The molecule has 0 aliphatic heterocycles. The monoisotopic (exact) mass is 436 g/mol. The summed E-state index contributed by atoms with van der Waals surface area (Å²) < 4.78 is 4.90. The summed E-state index contributed by atoms with van der Waals surface area (Å²) in [6.45, 7) is 0. The van der Waals surface area contributed by atoms with Crippen molar-refractivity contribution in [3.8, 4) is 22.8 Å². The molecule has 2 aromatic carbocycles. The molecule has 2 aromatic heterocycles. The molecule has 4 aromatic rings. The van der Waals surface area contributed by atoms with Crippen molar-refractivity contribution in [3.63, 3.8) is 0 Å². The fraction of sp³-hybridized carbons (Fsp3) is 0.200. The maximum absolute atomic E-state index is 10.9. The van der Waals surface area contributed by atoms with Crippen molar-refractivity contribution in [1.82, 2.24) is 40.4 Å². The van der Waals surface area contributed by atoms with E-state index in [1.165, 1.54) is 16.7 Å². The number of carbonyl (C=O) groups excluding carboxylic acids is 1. The van der Waals surface area contributed by atoms with Crippen LogP contribution in [0.2, 0.25) is 0 Å². The Bertz CT molecular complexity index is 1190. The van der Waals surface area contributed by atoms with Crippen molar-refractivity contribution >= 4 is 12.3 Å². The number of methoxy groups -OCH3 is 1. The van der Waals surface area contributed by atoms with Gasteiger partial charge in [0.2, 0.25) is 11.6 Å². The van der Waals surface area contributed by atoms with Gasteiger partial charge in [0.1, 0.15) is 6.29 Å². The molecule has 0 radical (unpaired) electrons. The van der Waals surface area contributed by atoms with Gasteiger partial charge in [-0.2, -0.15) is 9.59 Å². The van der Waals surface area contributed by atoms with Crippen molar-refractivity contribution in [2.45, 2.75) is 6.10 Å². The first-order valence-corrected chi connectivity index (χ1v) is 9.30. The van der Waals surface area contributed by atoms with E-state index in [2.05, 4.69) is 30.8 Å². The highest BCUT2D eigenvalue weighted by molar-refractivity contribution is 5.76. The van der Waals surface area contributed by atoms with Gasteiger partial charge in [0.25, 0.3) is 0 Å². The smallest absolute Gasteiger partial charge is 0.337 e. The summed E-state index contributed by atoms with van der Waals surface area (Å²) in [7, 11) is 4.74. The highest BCUT2D eigenvalue weighted by Crippen LogP contribution is 2.21. The number of carboxylic acids is 1. The number of hydrogen-bond donors (Lipinski definition) is 1. The zero-order valence-electron chi connectivity index (χ0n) is 17.5. The number of benzene rings is 2. The highest BCUT2D eigenvalue weighted by atomic mass is 16.5. The van der Waals surface area contributed by atoms with E-state index in [0.717, 1.165) is 17.4 Å². The molecule has 1 N–H and O–H groups in total. The Kier molecular flexibility index (Phi) is 7.08. The van der Waals surface area contributed by atoms with Crippen molar-refractivity contribution < 1.29 is 19.4 Å². The minimum absolute atomic E-state index is 0.494. The first-order chi connectivity index (χ1) is 15.4. The van der Waals surface area contributed by atoms with E-state index in [1.807, 2.05) is 0 Å². The Labute approximate surface area is 182 Å². The van der Waals surface area contributed by atoms with Crippen molar-refractivity contribution in [1.29, 1.82) is 0 Å². The number of aromatic nitrogens is 8. The Balaban J connectivity index is 0.000000186. The number of aryl methyl sites for hydroxylation is 2. The standard InChI is InChI=1S/C11H12N4O3.C9H8N4O/c1-15-13-10(12-14-15)8-5-3-7(4-6-8)9(18-2)11(16)17;1-13-11-9(10-12-13)8-4-2-7(6-14)3-5-8/h3-6,9H,1-2H3,(H,16,17);2-6H,1H3. The summed E-state index contributed by atoms with van der Waals surface area (Å²) in [5, 5.41) is 32.2. The van der Waals surface area contributed by atoms with Gasteiger partial charge in [0, 0.05) is 23.8 Å². The zero-order valence-corrected chi connectivity index (χ0v) is 17.5. The first kappa shape index (κ1) is 22.4. The molecule has 1 unspecified atom stereocenters. The summed E-state index contributed by atoms with van der Waals surface area (Å²) in [4.78, 5) is 24.1. The lowest BCUT2D eigenvalue weighted by Crippen LogP contribution is -2.13. The molecular weight excluding hydrogens is 416 g/mol. The van der Waals surface area contributed by atoms with Gasteiger partial charge in [0.15, 0.2) is 6.10 Å². The SMILES string of the molecule is COC(C(=O)O)c1ccc(-c2nnn(C)n2)cc1.Cn1nnc(-c2ccc(C=O)cc2)n1. The number of hydrogen-bond acceptors (Lipinski definition) is 9. The molecule has 0 saturated heterocycles. The number of ether oxygens (including phenoxy) is 1. The topological polar surface area (TPSA) is 151 Å². The van der Waals surface area contributed by atoms with Crippen LogP contribution in [-0.4, -0.2) is 64.9 Å². The molecular formula is C20H20N8O4. The average Bonchev–Trinajstić information content (AvgIpc) is 3.43. The van der Waals surface area contributed by atoms with Crippen LogP contribution >= 0.6 is 0 Å². The second-order valence-electron chi connectivity index (χ2n) is 6.52. The number of aliphatic carboxylic acids is 1. The van der Waals surface area contributed by atoms with Crippen molar-refractivity contribution in [2.75, 3.05) is 7.11 Å². The number of nitrogens with zero attached hydrogens (tertiary/aromatic N) is 8. The van der Waals surface area contributed by atoms with E-state index < -0.39 is 12.1 Å². The van der Waals surface area contributed by atoms with E-state index in [9.17, 15) is 9.59 Å². The number of carbonyl (C=O) groups is 2. The molecule has 2 heterocycles. The predicted molar refractivity (Wildman–Crippen MR) is 111 cm³/mol. The molecule has 0 fully saturated rings. The third kappa shape index (κ3) is 5.43. The van der Waals surface area contributed by atoms with Gasteiger partial charge in [0.05, 0.1) is 14.1 Å². The normalized spacial score (nSPS) is 11.3. The quantitative estimate of drug-likeness (QED) is 0.438. The molecule has 1 atom stereocenters. The fourth-order valence-corrected chi connectivity index (χ4v) is 2.70. The van der Waals surface area contributed by atoms with Gasteiger partial charge in [-0.1, -0.05) is 48.5 Å². The molecule has 4 rings (SSSR count). The van der Waals surface area contributed by atoms with Crippen molar-refractivity contribution in [2.24, 2.45) is 14.1 Å². The Morgan fingerprint density at radius 3 is 1.72 bits per heavy atom. The summed E-state index contributed by atoms with van der Waals surface area (Å²) in [5.41, 5.74) is 2.83. The molecule has 0 aliphatic rings. The van der Waals surface area contributed by atoms with Gasteiger partial charge in [-0.05, 0) is 16.0 Å². The molecule has 32 heavy (non-hydrogen) atoms. The van der Waals surface area contributed by atoms with Crippen LogP contribution in [0.5, 0.6) is 0 Å². The minimum Gasteiger partial charge on any atom is -0.479 e. The van der Waals surface area contributed by atoms with E-state index in [0.29, 0.717) is 22.8 Å². The third-order valence-electron chi connectivity index (χ3n) is 4.25. The number of carboxylic acid groups (broad SMARTS) is 1. The second-order valence-corrected chi connectivity index (χ2v) is 6.52. The van der Waals surface area contributed by atoms with Gasteiger partial charge in [-0.3, -0.25) is 4.79 Å². The van der Waals surface area contributed by atoms with Gasteiger partial charge in [-0.25, -0.2) is 4.79 Å². The van der Waals surface area contributed by atoms with E-state index >= 15 is 0 Å². The number of rotatable bonds is 6. The Morgan fingerprint density at radius 2 is 1.38 bits per heavy atom. The van der Waals surface area contributed by atoms with Crippen molar-refractivity contribution in [3.05, 3.63) is 59.7 Å². The van der Waals surface area contributed by atoms with Crippen LogP contribution < -0.4 is 0 Å². The first-order valence-electron chi connectivity index (χ1n) is 9.30. The predicted octanol–water partition coefficient (Wildman–Crippen LogP) is 1.34. The molecule has 0 aliphatic carbocycles. The molecule has 0 amide bonds. The molecule has 12 heteroatoms. The summed E-state index contributed by atoms with van der Waals surface area (Å²) in [6, 6.07) is 13.9. The van der Waals surface area contributed by atoms with Gasteiger partial charge < -0.3 is 9.84 Å². The molecule has 0 spiro atoms. The maximum Gasteiger partial charge on any atom is 0.337 e. The van der Waals surface area contributed by atoms with Crippen LogP contribution in [0.15, 0.2) is 48.5 Å². The van der Waals surface area contributed by atoms with E-state index in [-0.39, 0.29) is 0 Å². The number of tetrazole rings is 2. The molecule has 12 nitrogen and oxygen atoms in total. The lowest BCUT2D eigenvalue weighted by Gasteiger charge is -2.10. The number of aldehydes is 1. The van der Waals surface area contributed by atoms with Gasteiger partial charge >= 0.3 is 5.97 Å². The lowest BCUT2D eigenvalue weighted by atomic mass is 10.1. The second kappa shape index (κ2) is 10.1. The fourth-order valence-electron chi connectivity index (χ4n) is 2.70.